The minimum absolute atomic E-state index is 0.157. The molecular weight excluding hydrogens is 338 g/mol. The molecule has 27 heavy (non-hydrogen) atoms. The monoisotopic (exact) mass is 359 g/mol. The van der Waals surface area contributed by atoms with Gasteiger partial charge in [0.05, 0.1) is 5.69 Å². The summed E-state index contributed by atoms with van der Waals surface area (Å²) in [5.74, 6) is 0.462. The lowest BCUT2D eigenvalue weighted by atomic mass is 9.90. The van der Waals surface area contributed by atoms with Crippen molar-refractivity contribution in [2.75, 3.05) is 30.9 Å². The highest BCUT2D eigenvalue weighted by Crippen LogP contribution is 2.46. The molecule has 2 aromatic carbocycles. The summed E-state index contributed by atoms with van der Waals surface area (Å²) in [6.45, 7) is 0. The van der Waals surface area contributed by atoms with Crippen molar-refractivity contribution in [3.8, 4) is 5.75 Å². The third-order valence-electron chi connectivity index (χ3n) is 4.89. The van der Waals surface area contributed by atoms with Crippen LogP contribution in [0.4, 0.5) is 11.4 Å². The summed E-state index contributed by atoms with van der Waals surface area (Å²) in [4.78, 5) is 21.7. The van der Waals surface area contributed by atoms with Gasteiger partial charge < -0.3 is 14.5 Å². The molecule has 0 fully saturated rings. The molecule has 5 heteroatoms. The fraction of sp³-hybridized carbons (Fsp3) is 0.182. The fourth-order valence-electron chi connectivity index (χ4n) is 3.48. The lowest BCUT2D eigenvalue weighted by Gasteiger charge is -2.29. The maximum Gasteiger partial charge on any atom is 0.282 e. The zero-order valence-electron chi connectivity index (χ0n) is 15.6. The molecule has 1 aliphatic rings. The zero-order valence-corrected chi connectivity index (χ0v) is 15.6. The number of para-hydroxylation sites is 2. The number of carbonyl (C=O) groups excluding carboxylic acids is 1. The van der Waals surface area contributed by atoms with E-state index in [1.807, 2.05) is 85.7 Å². The van der Waals surface area contributed by atoms with E-state index in [9.17, 15) is 4.79 Å². The summed E-state index contributed by atoms with van der Waals surface area (Å²) in [5.41, 5.74) is 1.83. The zero-order chi connectivity index (χ0) is 19.0. The van der Waals surface area contributed by atoms with E-state index in [4.69, 9.17) is 4.74 Å². The maximum atomic E-state index is 13.5. The van der Waals surface area contributed by atoms with Crippen LogP contribution in [0, 0.1) is 0 Å². The predicted octanol–water partition coefficient (Wildman–Crippen LogP) is 3.45. The highest BCUT2D eigenvalue weighted by molar-refractivity contribution is 6.09. The van der Waals surface area contributed by atoms with Crippen LogP contribution in [0.3, 0.4) is 0 Å². The molecule has 2 heterocycles. The van der Waals surface area contributed by atoms with Crippen molar-refractivity contribution in [3.63, 3.8) is 0 Å². The van der Waals surface area contributed by atoms with Gasteiger partial charge in [0.25, 0.3) is 11.5 Å². The average Bonchev–Trinajstić information content (AvgIpc) is 2.92. The van der Waals surface area contributed by atoms with Gasteiger partial charge in [0, 0.05) is 38.6 Å². The maximum absolute atomic E-state index is 13.5. The van der Waals surface area contributed by atoms with Gasteiger partial charge in [0.2, 0.25) is 0 Å². The van der Waals surface area contributed by atoms with Crippen LogP contribution in [0.25, 0.3) is 0 Å². The van der Waals surface area contributed by atoms with Crippen LogP contribution in [0.15, 0.2) is 72.9 Å². The summed E-state index contributed by atoms with van der Waals surface area (Å²) in [7, 11) is 5.69. The van der Waals surface area contributed by atoms with Gasteiger partial charge in [-0.25, -0.2) is 0 Å². The Morgan fingerprint density at radius 2 is 1.70 bits per heavy atom. The third kappa shape index (κ3) is 2.63. The first-order chi connectivity index (χ1) is 13.0. The third-order valence-corrected chi connectivity index (χ3v) is 4.89. The quantitative estimate of drug-likeness (QED) is 0.716. The van der Waals surface area contributed by atoms with Crippen LogP contribution in [0.5, 0.6) is 5.75 Å². The van der Waals surface area contributed by atoms with Gasteiger partial charge in [-0.3, -0.25) is 9.78 Å². The minimum Gasteiger partial charge on any atom is -0.466 e. The Morgan fingerprint density at radius 3 is 2.44 bits per heavy atom. The smallest absolute Gasteiger partial charge is 0.282 e. The molecular formula is C22H21N3O2. The molecule has 1 atom stereocenters. The minimum atomic E-state index is -1.32. The summed E-state index contributed by atoms with van der Waals surface area (Å²) in [6.07, 6.45) is 1.72. The van der Waals surface area contributed by atoms with Crippen molar-refractivity contribution in [2.24, 2.45) is 0 Å². The molecule has 0 spiro atoms. The number of carbonyl (C=O) groups is 1. The lowest BCUT2D eigenvalue weighted by Crippen LogP contribution is -2.45. The first-order valence-corrected chi connectivity index (χ1v) is 8.79. The van der Waals surface area contributed by atoms with Crippen LogP contribution in [0.2, 0.25) is 0 Å². The Labute approximate surface area is 158 Å². The van der Waals surface area contributed by atoms with Crippen LogP contribution >= 0.6 is 0 Å². The topological polar surface area (TPSA) is 45.7 Å². The van der Waals surface area contributed by atoms with Gasteiger partial charge in [-0.1, -0.05) is 36.4 Å². The largest absolute Gasteiger partial charge is 0.466 e. The van der Waals surface area contributed by atoms with E-state index >= 15 is 0 Å². The van der Waals surface area contributed by atoms with E-state index in [2.05, 4.69) is 4.98 Å². The second-order valence-electron chi connectivity index (χ2n) is 6.77. The van der Waals surface area contributed by atoms with E-state index in [-0.39, 0.29) is 5.91 Å². The number of rotatable bonds is 4. The summed E-state index contributed by atoms with van der Waals surface area (Å²) >= 11 is 0. The number of benzene rings is 2. The van der Waals surface area contributed by atoms with E-state index in [1.165, 1.54) is 0 Å². The first-order valence-electron chi connectivity index (χ1n) is 8.79. The van der Waals surface area contributed by atoms with Crippen molar-refractivity contribution in [2.45, 2.75) is 5.60 Å². The van der Waals surface area contributed by atoms with Crippen molar-refractivity contribution >= 4 is 17.3 Å². The molecule has 1 aromatic heterocycles. The van der Waals surface area contributed by atoms with Crippen molar-refractivity contribution in [1.29, 1.82) is 0 Å². The molecule has 5 nitrogen and oxygen atoms in total. The van der Waals surface area contributed by atoms with E-state index in [1.54, 1.807) is 18.1 Å². The molecule has 3 aromatic rings. The Morgan fingerprint density at radius 1 is 1.00 bits per heavy atom. The number of pyridine rings is 1. The lowest BCUT2D eigenvalue weighted by molar-refractivity contribution is -0.130. The van der Waals surface area contributed by atoms with Gasteiger partial charge in [-0.15, -0.1) is 0 Å². The standard InChI is InChI=1S/C22H21N3O2/c1-24(2)16-13-14-23-20(15-16)22(27-17-9-5-4-6-10-17)18-11-7-8-12-19(18)25(3)21(22)26/h4-15H,1-3H3. The number of ether oxygens (including phenoxy) is 1. The van der Waals surface area contributed by atoms with Gasteiger partial charge in [-0.2, -0.15) is 0 Å². The molecule has 1 unspecified atom stereocenters. The Balaban J connectivity index is 1.97. The second kappa shape index (κ2) is 6.43. The molecule has 0 radical (unpaired) electrons. The number of fused-ring (bicyclic) bond motifs is 1. The van der Waals surface area contributed by atoms with Crippen LogP contribution in [0.1, 0.15) is 11.3 Å². The van der Waals surface area contributed by atoms with Crippen LogP contribution < -0.4 is 14.5 Å². The molecule has 0 saturated carbocycles. The molecule has 4 rings (SSSR count). The molecule has 1 aliphatic heterocycles. The number of nitrogens with zero attached hydrogens (tertiary/aromatic N) is 3. The summed E-state index contributed by atoms with van der Waals surface area (Å²) < 4.78 is 6.42. The van der Waals surface area contributed by atoms with Gasteiger partial charge in [-0.05, 0) is 30.3 Å². The van der Waals surface area contributed by atoms with Gasteiger partial charge >= 0.3 is 0 Å². The highest BCUT2D eigenvalue weighted by Gasteiger charge is 2.55. The normalized spacial score (nSPS) is 18.3. The fourth-order valence-corrected chi connectivity index (χ4v) is 3.48. The molecule has 136 valence electrons. The summed E-state index contributed by atoms with van der Waals surface area (Å²) in [5, 5.41) is 0. The first kappa shape index (κ1) is 17.1. The Kier molecular flexibility index (Phi) is 4.07. The Hall–Kier alpha value is -3.34. The van der Waals surface area contributed by atoms with Crippen molar-refractivity contribution < 1.29 is 9.53 Å². The molecule has 0 saturated heterocycles. The van der Waals surface area contributed by atoms with Gasteiger partial charge in [0.1, 0.15) is 11.4 Å². The number of hydrogen-bond donors (Lipinski definition) is 0. The van der Waals surface area contributed by atoms with E-state index < -0.39 is 5.60 Å². The van der Waals surface area contributed by atoms with Crippen LogP contribution in [-0.4, -0.2) is 32.0 Å². The number of amides is 1. The number of aromatic nitrogens is 1. The van der Waals surface area contributed by atoms with Crippen LogP contribution in [-0.2, 0) is 10.4 Å². The molecule has 0 bridgehead atoms. The summed E-state index contributed by atoms with van der Waals surface area (Å²) in [6, 6.07) is 20.9. The molecule has 0 aliphatic carbocycles. The SMILES string of the molecule is CN(C)c1ccnc(C2(Oc3ccccc3)C(=O)N(C)c3ccccc32)c1. The van der Waals surface area contributed by atoms with Crippen molar-refractivity contribution in [3.05, 3.63) is 84.2 Å². The number of likely N-dealkylation sites (N-methyl/N-ethyl adjacent to an activating group) is 1. The Bertz CT molecular complexity index is 988. The van der Waals surface area contributed by atoms with Gasteiger partial charge in [0.15, 0.2) is 0 Å². The molecule has 1 amide bonds. The highest BCUT2D eigenvalue weighted by atomic mass is 16.5. The molecule has 0 N–H and O–H groups in total. The second-order valence-corrected chi connectivity index (χ2v) is 6.77. The number of anilines is 2. The predicted molar refractivity (Wildman–Crippen MR) is 106 cm³/mol. The van der Waals surface area contributed by atoms with E-state index in [0.29, 0.717) is 11.4 Å². The van der Waals surface area contributed by atoms with E-state index in [0.717, 1.165) is 16.9 Å². The number of hydrogen-bond acceptors (Lipinski definition) is 4. The average molecular weight is 359 g/mol. The van der Waals surface area contributed by atoms with Crippen molar-refractivity contribution in [1.82, 2.24) is 4.98 Å².